The third kappa shape index (κ3) is 3.69. The topological polar surface area (TPSA) is 102 Å². The normalized spacial score (nSPS) is 19.7. The van der Waals surface area contributed by atoms with Gasteiger partial charge in [-0.25, -0.2) is 14.5 Å². The number of methoxy groups -OCH3 is 1. The van der Waals surface area contributed by atoms with Gasteiger partial charge in [-0.15, -0.1) is 5.10 Å². The Kier molecular flexibility index (Phi) is 4.77. The molecule has 0 spiro atoms. The highest BCUT2D eigenvalue weighted by molar-refractivity contribution is 5.84. The van der Waals surface area contributed by atoms with Gasteiger partial charge in [0, 0.05) is 48.2 Å². The first kappa shape index (κ1) is 19.7. The lowest BCUT2D eigenvalue weighted by Crippen LogP contribution is -2.37. The van der Waals surface area contributed by atoms with Gasteiger partial charge in [0.1, 0.15) is 5.52 Å². The van der Waals surface area contributed by atoms with Crippen molar-refractivity contribution in [1.82, 2.24) is 29.0 Å². The number of anilines is 1. The highest BCUT2D eigenvalue weighted by atomic mass is 16.5. The van der Waals surface area contributed by atoms with Gasteiger partial charge in [0.05, 0.1) is 12.7 Å². The van der Waals surface area contributed by atoms with Crippen molar-refractivity contribution in [2.24, 2.45) is 5.92 Å². The maximum Gasteiger partial charge on any atom is 0.244 e. The van der Waals surface area contributed by atoms with Crippen LogP contribution in [0.3, 0.4) is 0 Å². The molecule has 1 saturated carbocycles. The quantitative estimate of drug-likeness (QED) is 0.510. The predicted molar refractivity (Wildman–Crippen MR) is 117 cm³/mol. The Morgan fingerprint density at radius 1 is 1.16 bits per heavy atom. The van der Waals surface area contributed by atoms with Crippen LogP contribution in [0.2, 0.25) is 0 Å². The molecule has 4 aromatic rings. The highest BCUT2D eigenvalue weighted by Crippen LogP contribution is 2.34. The fourth-order valence-corrected chi connectivity index (χ4v) is 4.51. The van der Waals surface area contributed by atoms with Gasteiger partial charge in [-0.05, 0) is 51.5 Å². The van der Waals surface area contributed by atoms with Gasteiger partial charge in [0.25, 0.3) is 0 Å². The van der Waals surface area contributed by atoms with E-state index in [-0.39, 0.29) is 6.04 Å². The van der Waals surface area contributed by atoms with Crippen molar-refractivity contribution in [2.75, 3.05) is 12.4 Å². The van der Waals surface area contributed by atoms with E-state index in [9.17, 15) is 5.11 Å². The number of imidazole rings is 1. The van der Waals surface area contributed by atoms with Crippen LogP contribution in [0.1, 0.15) is 39.5 Å². The van der Waals surface area contributed by atoms with Crippen molar-refractivity contribution in [2.45, 2.75) is 51.2 Å². The Balaban J connectivity index is 1.42. The van der Waals surface area contributed by atoms with E-state index in [1.165, 1.54) is 0 Å². The lowest BCUT2D eigenvalue weighted by molar-refractivity contribution is -0.000418. The summed E-state index contributed by atoms with van der Waals surface area (Å²) in [7, 11) is 1.62. The number of aromatic nitrogens is 6. The number of aliphatic hydroxyl groups is 1. The molecule has 5 rings (SSSR count). The van der Waals surface area contributed by atoms with Gasteiger partial charge in [-0.2, -0.15) is 4.98 Å². The molecule has 0 atom stereocenters. The minimum atomic E-state index is -0.625. The van der Waals surface area contributed by atoms with Crippen molar-refractivity contribution in [3.8, 4) is 17.0 Å². The minimum Gasteiger partial charge on any atom is -0.479 e. The van der Waals surface area contributed by atoms with E-state index < -0.39 is 5.60 Å². The second-order valence-electron chi connectivity index (χ2n) is 8.79. The molecule has 0 aromatic carbocycles. The van der Waals surface area contributed by atoms with Crippen LogP contribution >= 0.6 is 0 Å². The van der Waals surface area contributed by atoms with Crippen molar-refractivity contribution in [1.29, 1.82) is 0 Å². The number of rotatable bonds is 5. The third-order valence-corrected chi connectivity index (χ3v) is 6.29. The summed E-state index contributed by atoms with van der Waals surface area (Å²) in [4.78, 5) is 13.2. The highest BCUT2D eigenvalue weighted by Gasteiger charge is 2.31. The van der Waals surface area contributed by atoms with Gasteiger partial charge in [0.15, 0.2) is 0 Å². The zero-order chi connectivity index (χ0) is 21.6. The molecule has 4 heterocycles. The third-order valence-electron chi connectivity index (χ3n) is 6.29. The molecule has 9 nitrogen and oxygen atoms in total. The standard InChI is InChI=1S/C22H27N7O2/c1-22(2,30)15-4-6-16(7-5-15)25-20-26-19(31-3)18-17(8-10-29(18)27-20)14-12-24-21-23-9-11-28(21)13-14/h8-13,15-16,30H,4-7H2,1-3H3,(H,25,27)/t15-,16-. The van der Waals surface area contributed by atoms with Crippen molar-refractivity contribution >= 4 is 17.2 Å². The van der Waals surface area contributed by atoms with E-state index in [1.54, 1.807) is 24.0 Å². The zero-order valence-electron chi connectivity index (χ0n) is 18.0. The van der Waals surface area contributed by atoms with E-state index >= 15 is 0 Å². The fourth-order valence-electron chi connectivity index (χ4n) is 4.51. The van der Waals surface area contributed by atoms with E-state index in [4.69, 9.17) is 4.74 Å². The predicted octanol–water partition coefficient (Wildman–Crippen LogP) is 3.19. The molecule has 0 bridgehead atoms. The molecule has 0 aliphatic heterocycles. The van der Waals surface area contributed by atoms with Crippen LogP contribution in [-0.4, -0.2) is 52.8 Å². The number of fused-ring (bicyclic) bond motifs is 2. The second kappa shape index (κ2) is 7.49. The lowest BCUT2D eigenvalue weighted by atomic mass is 9.77. The Labute approximate surface area is 180 Å². The second-order valence-corrected chi connectivity index (χ2v) is 8.79. The molecular weight excluding hydrogens is 394 g/mol. The Morgan fingerprint density at radius 2 is 1.97 bits per heavy atom. The van der Waals surface area contributed by atoms with Crippen LogP contribution in [0, 0.1) is 5.92 Å². The van der Waals surface area contributed by atoms with Gasteiger partial charge in [-0.1, -0.05) is 0 Å². The van der Waals surface area contributed by atoms with Crippen molar-refractivity contribution < 1.29 is 9.84 Å². The Hall–Kier alpha value is -3.20. The van der Waals surface area contributed by atoms with Crippen molar-refractivity contribution in [3.63, 3.8) is 0 Å². The molecule has 0 saturated heterocycles. The SMILES string of the molecule is COc1nc(N[C@H]2CC[C@H](C(C)(C)O)CC2)nn2ccc(-c3cnc4nccn4c3)c12. The summed E-state index contributed by atoms with van der Waals surface area (Å²) in [5.41, 5.74) is 2.04. The molecule has 1 fully saturated rings. The van der Waals surface area contributed by atoms with Crippen LogP contribution in [0.4, 0.5) is 5.95 Å². The Bertz CT molecular complexity index is 1220. The van der Waals surface area contributed by atoms with Crippen molar-refractivity contribution in [3.05, 3.63) is 37.1 Å². The smallest absolute Gasteiger partial charge is 0.244 e. The largest absolute Gasteiger partial charge is 0.479 e. The average molecular weight is 422 g/mol. The minimum absolute atomic E-state index is 0.281. The lowest BCUT2D eigenvalue weighted by Gasteiger charge is -2.36. The van der Waals surface area contributed by atoms with E-state index in [2.05, 4.69) is 25.4 Å². The fraction of sp³-hybridized carbons (Fsp3) is 0.455. The molecule has 4 aromatic heterocycles. The molecular formula is C22H27N7O2. The first-order chi connectivity index (χ1) is 14.9. The Morgan fingerprint density at radius 3 is 2.71 bits per heavy atom. The molecule has 1 aliphatic rings. The van der Waals surface area contributed by atoms with Gasteiger partial charge < -0.3 is 15.2 Å². The van der Waals surface area contributed by atoms with E-state index in [1.807, 2.05) is 42.9 Å². The van der Waals surface area contributed by atoms with Crippen LogP contribution in [0.25, 0.3) is 22.4 Å². The molecule has 1 aliphatic carbocycles. The summed E-state index contributed by atoms with van der Waals surface area (Å²) in [6.07, 6.45) is 13.2. The van der Waals surface area contributed by atoms with E-state index in [0.29, 0.717) is 23.5 Å². The van der Waals surface area contributed by atoms with Crippen LogP contribution in [-0.2, 0) is 0 Å². The van der Waals surface area contributed by atoms with E-state index in [0.717, 1.165) is 42.3 Å². The monoisotopic (exact) mass is 421 g/mol. The summed E-state index contributed by atoms with van der Waals surface area (Å²) in [5.74, 6) is 2.04. The first-order valence-corrected chi connectivity index (χ1v) is 10.6. The number of hydrogen-bond donors (Lipinski definition) is 2. The van der Waals surface area contributed by atoms with Crippen LogP contribution in [0.5, 0.6) is 5.88 Å². The number of ether oxygens (including phenoxy) is 1. The number of nitrogens with zero attached hydrogens (tertiary/aromatic N) is 6. The summed E-state index contributed by atoms with van der Waals surface area (Å²) < 4.78 is 9.30. The molecule has 0 unspecified atom stereocenters. The molecule has 9 heteroatoms. The number of nitrogens with one attached hydrogen (secondary N) is 1. The maximum absolute atomic E-state index is 10.3. The molecule has 31 heavy (non-hydrogen) atoms. The summed E-state index contributed by atoms with van der Waals surface area (Å²) >= 11 is 0. The van der Waals surface area contributed by atoms with Crippen LogP contribution < -0.4 is 10.1 Å². The zero-order valence-corrected chi connectivity index (χ0v) is 18.0. The molecule has 2 N–H and O–H groups in total. The molecule has 0 amide bonds. The first-order valence-electron chi connectivity index (χ1n) is 10.6. The number of hydrogen-bond acceptors (Lipinski definition) is 7. The summed E-state index contributed by atoms with van der Waals surface area (Å²) in [5, 5.41) is 18.4. The maximum atomic E-state index is 10.3. The molecule has 162 valence electrons. The summed E-state index contributed by atoms with van der Waals surface area (Å²) in [6, 6.07) is 2.27. The average Bonchev–Trinajstić information content (AvgIpc) is 3.39. The van der Waals surface area contributed by atoms with Crippen LogP contribution in [0.15, 0.2) is 37.1 Å². The summed E-state index contributed by atoms with van der Waals surface area (Å²) in [6.45, 7) is 3.80. The van der Waals surface area contributed by atoms with Gasteiger partial charge in [-0.3, -0.25) is 4.40 Å². The van der Waals surface area contributed by atoms with Gasteiger partial charge in [0.2, 0.25) is 17.6 Å². The van der Waals surface area contributed by atoms with Gasteiger partial charge >= 0.3 is 0 Å². The molecule has 0 radical (unpaired) electrons.